The molecule has 4 rings (SSSR count). The van der Waals surface area contributed by atoms with Gasteiger partial charge in [-0.3, -0.25) is 19.2 Å². The van der Waals surface area contributed by atoms with Crippen LogP contribution in [-0.4, -0.2) is 86.4 Å². The lowest BCUT2D eigenvalue weighted by atomic mass is 9.88. The van der Waals surface area contributed by atoms with Crippen LogP contribution in [0.1, 0.15) is 30.4 Å². The van der Waals surface area contributed by atoms with Gasteiger partial charge in [0.15, 0.2) is 11.5 Å². The van der Waals surface area contributed by atoms with Crippen LogP contribution in [0.25, 0.3) is 0 Å². The molecule has 0 radical (unpaired) electrons. The van der Waals surface area contributed by atoms with Crippen molar-refractivity contribution in [1.29, 1.82) is 0 Å². The summed E-state index contributed by atoms with van der Waals surface area (Å²) in [6.45, 7) is 3.22. The van der Waals surface area contributed by atoms with Crippen LogP contribution in [0.2, 0.25) is 5.02 Å². The van der Waals surface area contributed by atoms with Crippen LogP contribution < -0.4 is 20.1 Å². The number of likely N-dealkylation sites (tertiary alicyclic amines) is 1. The van der Waals surface area contributed by atoms with Crippen molar-refractivity contribution < 1.29 is 28.7 Å². The van der Waals surface area contributed by atoms with Gasteiger partial charge in [-0.25, -0.2) is 0 Å². The summed E-state index contributed by atoms with van der Waals surface area (Å²) in [5.74, 6) is -0.495. The quantitative estimate of drug-likeness (QED) is 0.568. The van der Waals surface area contributed by atoms with E-state index in [4.69, 9.17) is 21.1 Å². The third kappa shape index (κ3) is 7.24. The molecular weight excluding hydrogens is 536 g/mol. The molecular formula is C29H35ClN4O6. The maximum atomic E-state index is 13.3. The molecule has 10 nitrogen and oxygen atoms in total. The molecule has 0 aromatic heterocycles. The number of carbonyl (C=O) groups excluding carboxylic acids is 4. The number of nitrogens with zero attached hydrogens (tertiary/aromatic N) is 2. The average molecular weight is 571 g/mol. The Balaban J connectivity index is 1.54. The minimum atomic E-state index is -0.483. The Labute approximate surface area is 238 Å². The van der Waals surface area contributed by atoms with Crippen molar-refractivity contribution in [1.82, 2.24) is 20.4 Å². The minimum Gasteiger partial charge on any atom is -0.493 e. The van der Waals surface area contributed by atoms with Gasteiger partial charge in [0.05, 0.1) is 32.5 Å². The number of ether oxygens (including phenoxy) is 2. The number of hydrogen-bond acceptors (Lipinski definition) is 6. The average Bonchev–Trinajstić information content (AvgIpc) is 3.39. The van der Waals surface area contributed by atoms with Gasteiger partial charge in [0, 0.05) is 44.0 Å². The number of fused-ring (bicyclic) bond motifs is 4. The molecule has 4 amide bonds. The van der Waals surface area contributed by atoms with E-state index in [1.807, 2.05) is 30.3 Å². The van der Waals surface area contributed by atoms with Crippen LogP contribution in [-0.2, 0) is 25.6 Å². The van der Waals surface area contributed by atoms with Crippen molar-refractivity contribution in [2.75, 3.05) is 53.0 Å². The summed E-state index contributed by atoms with van der Waals surface area (Å²) in [7, 11) is 1.55. The zero-order chi connectivity index (χ0) is 28.6. The first kappa shape index (κ1) is 29.2. The lowest BCUT2D eigenvalue weighted by Crippen LogP contribution is -2.41. The first-order valence-electron chi connectivity index (χ1n) is 13.4. The van der Waals surface area contributed by atoms with Crippen LogP contribution in [0.3, 0.4) is 0 Å². The summed E-state index contributed by atoms with van der Waals surface area (Å²) in [5, 5.41) is 6.08. The second-order valence-electron chi connectivity index (χ2n) is 9.97. The zero-order valence-electron chi connectivity index (χ0n) is 22.8. The van der Waals surface area contributed by atoms with E-state index in [1.54, 1.807) is 29.0 Å². The Hall–Kier alpha value is -3.79. The summed E-state index contributed by atoms with van der Waals surface area (Å²) in [6.07, 6.45) is 0.716. The molecule has 2 aliphatic rings. The predicted octanol–water partition coefficient (Wildman–Crippen LogP) is 2.00. The number of methoxy groups -OCH3 is 1. The monoisotopic (exact) mass is 570 g/mol. The van der Waals surface area contributed by atoms with Crippen LogP contribution in [0.5, 0.6) is 11.5 Å². The summed E-state index contributed by atoms with van der Waals surface area (Å²) < 4.78 is 11.6. The van der Waals surface area contributed by atoms with E-state index in [0.29, 0.717) is 49.1 Å². The Morgan fingerprint density at radius 1 is 1.07 bits per heavy atom. The van der Waals surface area contributed by atoms with Crippen LogP contribution in [0.15, 0.2) is 42.5 Å². The van der Waals surface area contributed by atoms with E-state index in [0.717, 1.165) is 11.1 Å². The first-order chi connectivity index (χ1) is 19.3. The Bertz CT molecular complexity index is 1250. The highest BCUT2D eigenvalue weighted by molar-refractivity contribution is 6.31. The van der Waals surface area contributed by atoms with Crippen LogP contribution in [0.4, 0.5) is 0 Å². The summed E-state index contributed by atoms with van der Waals surface area (Å²) in [6, 6.07) is 12.8. The van der Waals surface area contributed by atoms with Crippen molar-refractivity contribution in [3.8, 4) is 11.5 Å². The lowest BCUT2D eigenvalue weighted by molar-refractivity contribution is -0.132. The number of benzene rings is 2. The van der Waals surface area contributed by atoms with E-state index in [2.05, 4.69) is 10.6 Å². The second-order valence-corrected chi connectivity index (χ2v) is 10.4. The molecule has 2 aliphatic heterocycles. The van der Waals surface area contributed by atoms with Crippen molar-refractivity contribution in [3.63, 3.8) is 0 Å². The van der Waals surface area contributed by atoms with Crippen molar-refractivity contribution in [2.45, 2.75) is 25.7 Å². The summed E-state index contributed by atoms with van der Waals surface area (Å²) in [5.41, 5.74) is 1.59. The highest BCUT2D eigenvalue weighted by Gasteiger charge is 2.40. The minimum absolute atomic E-state index is 0.0833. The fourth-order valence-electron chi connectivity index (χ4n) is 5.12. The van der Waals surface area contributed by atoms with Crippen LogP contribution in [0, 0.1) is 5.92 Å². The third-order valence-electron chi connectivity index (χ3n) is 7.29. The largest absolute Gasteiger partial charge is 0.493 e. The van der Waals surface area contributed by atoms with Gasteiger partial charge in [0.1, 0.15) is 6.61 Å². The van der Waals surface area contributed by atoms with Crippen LogP contribution >= 0.6 is 11.6 Å². The Kier molecular flexibility index (Phi) is 9.87. The molecule has 2 atom stereocenters. The normalized spacial score (nSPS) is 19.5. The fourth-order valence-corrected chi connectivity index (χ4v) is 5.32. The smallest absolute Gasteiger partial charge is 0.242 e. The number of hydrogen-bond donors (Lipinski definition) is 2. The maximum absolute atomic E-state index is 13.3. The van der Waals surface area contributed by atoms with Gasteiger partial charge < -0.3 is 29.9 Å². The predicted molar refractivity (Wildman–Crippen MR) is 149 cm³/mol. The van der Waals surface area contributed by atoms with E-state index in [9.17, 15) is 19.2 Å². The molecule has 2 aromatic rings. The highest BCUT2D eigenvalue weighted by atomic mass is 35.5. The molecule has 1 fully saturated rings. The number of amides is 4. The molecule has 214 valence electrons. The molecule has 2 heterocycles. The molecule has 2 N–H and O–H groups in total. The van der Waals surface area contributed by atoms with Crippen molar-refractivity contribution in [2.24, 2.45) is 5.92 Å². The molecule has 0 spiro atoms. The molecule has 2 aromatic carbocycles. The van der Waals surface area contributed by atoms with Gasteiger partial charge in [-0.05, 0) is 35.7 Å². The Morgan fingerprint density at radius 3 is 2.60 bits per heavy atom. The topological polar surface area (TPSA) is 117 Å². The van der Waals surface area contributed by atoms with E-state index in [1.165, 1.54) is 6.92 Å². The molecule has 0 aliphatic carbocycles. The van der Waals surface area contributed by atoms with Crippen molar-refractivity contribution >= 4 is 35.2 Å². The van der Waals surface area contributed by atoms with E-state index < -0.39 is 5.92 Å². The Morgan fingerprint density at radius 2 is 1.85 bits per heavy atom. The molecule has 0 unspecified atom stereocenters. The van der Waals surface area contributed by atoms with E-state index in [-0.39, 0.29) is 55.7 Å². The fraction of sp³-hybridized carbons (Fsp3) is 0.448. The molecule has 2 bridgehead atoms. The van der Waals surface area contributed by atoms with Gasteiger partial charge in [-0.1, -0.05) is 35.9 Å². The standard InChI is InChI=1S/C29H35ClN4O6/c1-19(35)32-16-28(37)34-17-22-20-8-9-25(39-2)26(14-20)40-13-12-33(11-5-10-31-29(38)23(22)18-34)27(36)15-21-6-3-4-7-24(21)30/h3-4,6-9,14,22-23H,5,10-13,15-18H2,1-2H3,(H,31,38)(H,32,35)/t22-,23+/m1/s1. The zero-order valence-corrected chi connectivity index (χ0v) is 23.5. The summed E-state index contributed by atoms with van der Waals surface area (Å²) >= 11 is 6.28. The van der Waals surface area contributed by atoms with Gasteiger partial charge in [-0.15, -0.1) is 0 Å². The van der Waals surface area contributed by atoms with Gasteiger partial charge >= 0.3 is 0 Å². The lowest BCUT2D eigenvalue weighted by Gasteiger charge is -2.25. The van der Waals surface area contributed by atoms with Gasteiger partial charge in [0.2, 0.25) is 23.6 Å². The number of carbonyl (C=O) groups is 4. The molecule has 1 saturated heterocycles. The van der Waals surface area contributed by atoms with Gasteiger partial charge in [0.25, 0.3) is 0 Å². The molecule has 40 heavy (non-hydrogen) atoms. The SMILES string of the molecule is COc1ccc2cc1OCCN(C(=O)Cc1ccccc1Cl)CCCNC(=O)[C@H]1CN(C(=O)CNC(C)=O)C[C@H]21. The summed E-state index contributed by atoms with van der Waals surface area (Å²) in [4.78, 5) is 54.0. The number of nitrogens with one attached hydrogen (secondary N) is 2. The maximum Gasteiger partial charge on any atom is 0.242 e. The first-order valence-corrected chi connectivity index (χ1v) is 13.8. The van der Waals surface area contributed by atoms with Gasteiger partial charge in [-0.2, -0.15) is 0 Å². The molecule has 0 saturated carbocycles. The van der Waals surface area contributed by atoms with Crippen molar-refractivity contribution in [3.05, 3.63) is 58.6 Å². The highest BCUT2D eigenvalue weighted by Crippen LogP contribution is 2.38. The second kappa shape index (κ2) is 13.5. The number of rotatable bonds is 5. The molecule has 11 heteroatoms. The third-order valence-corrected chi connectivity index (χ3v) is 7.66. The van der Waals surface area contributed by atoms with E-state index >= 15 is 0 Å². The number of halogens is 1.